The summed E-state index contributed by atoms with van der Waals surface area (Å²) in [6.45, 7) is 3.80. The van der Waals surface area contributed by atoms with E-state index in [4.69, 9.17) is 4.74 Å². The average Bonchev–Trinajstić information content (AvgIpc) is 2.55. The largest absolute Gasteiger partial charge is 0.479 e. The zero-order valence-corrected chi connectivity index (χ0v) is 14.2. The van der Waals surface area contributed by atoms with Crippen LogP contribution in [-0.4, -0.2) is 20.4 Å². The molecule has 24 heavy (non-hydrogen) atoms. The van der Waals surface area contributed by atoms with Crippen LogP contribution in [0.3, 0.4) is 0 Å². The van der Waals surface area contributed by atoms with Gasteiger partial charge in [0.25, 0.3) is 5.91 Å². The first-order valence-corrected chi connectivity index (χ1v) is 9.00. The van der Waals surface area contributed by atoms with Crippen molar-refractivity contribution in [3.05, 3.63) is 53.6 Å². The van der Waals surface area contributed by atoms with Gasteiger partial charge >= 0.3 is 0 Å². The average molecular weight is 346 g/mol. The number of rotatable bonds is 4. The molecular formula is C17H18N2O4S. The third kappa shape index (κ3) is 3.42. The van der Waals surface area contributed by atoms with Crippen LogP contribution in [0.5, 0.6) is 5.75 Å². The molecule has 0 aromatic heterocycles. The summed E-state index contributed by atoms with van der Waals surface area (Å²) in [6.07, 6.45) is -0.598. The van der Waals surface area contributed by atoms with Crippen molar-refractivity contribution in [3.8, 4) is 5.75 Å². The maximum Gasteiger partial charge on any atom is 0.265 e. The summed E-state index contributed by atoms with van der Waals surface area (Å²) in [4.78, 5) is 11.7. The van der Waals surface area contributed by atoms with Crippen LogP contribution in [0.2, 0.25) is 0 Å². The predicted octanol–water partition coefficient (Wildman–Crippen LogP) is 2.19. The van der Waals surface area contributed by atoms with E-state index in [0.29, 0.717) is 11.4 Å². The summed E-state index contributed by atoms with van der Waals surface area (Å²) < 4.78 is 32.9. The molecule has 1 atom stereocenters. The minimum Gasteiger partial charge on any atom is -0.479 e. The maximum atomic E-state index is 12.4. The number of ether oxygens (including phenoxy) is 1. The zero-order valence-electron chi connectivity index (χ0n) is 13.4. The Morgan fingerprint density at radius 3 is 2.58 bits per heavy atom. The number of carbonyl (C=O) groups is 1. The SMILES string of the molecule is Cc1ccc(CNS(=O)(=O)c2ccc3c(c2)NC(=O)C(C)O3)cc1. The van der Waals surface area contributed by atoms with Gasteiger partial charge in [-0.05, 0) is 37.6 Å². The van der Waals surface area contributed by atoms with E-state index in [1.165, 1.54) is 12.1 Å². The van der Waals surface area contributed by atoms with Crippen LogP contribution in [0, 0.1) is 6.92 Å². The molecule has 6 nitrogen and oxygen atoms in total. The van der Waals surface area contributed by atoms with Crippen molar-refractivity contribution < 1.29 is 17.9 Å². The van der Waals surface area contributed by atoms with Gasteiger partial charge in [0, 0.05) is 6.54 Å². The molecule has 0 fully saturated rings. The van der Waals surface area contributed by atoms with Crippen LogP contribution in [-0.2, 0) is 21.4 Å². The van der Waals surface area contributed by atoms with Gasteiger partial charge in [-0.3, -0.25) is 4.79 Å². The van der Waals surface area contributed by atoms with Gasteiger partial charge in [0.2, 0.25) is 10.0 Å². The predicted molar refractivity (Wildman–Crippen MR) is 90.4 cm³/mol. The molecule has 0 radical (unpaired) electrons. The van der Waals surface area contributed by atoms with Crippen LogP contribution >= 0.6 is 0 Å². The van der Waals surface area contributed by atoms with E-state index in [2.05, 4.69) is 10.0 Å². The minimum atomic E-state index is -3.69. The van der Waals surface area contributed by atoms with Gasteiger partial charge < -0.3 is 10.1 Å². The maximum absolute atomic E-state index is 12.4. The first kappa shape index (κ1) is 16.5. The van der Waals surface area contributed by atoms with Gasteiger partial charge in [-0.15, -0.1) is 0 Å². The first-order valence-electron chi connectivity index (χ1n) is 7.52. The van der Waals surface area contributed by atoms with Crippen molar-refractivity contribution >= 4 is 21.6 Å². The number of carbonyl (C=O) groups excluding carboxylic acids is 1. The van der Waals surface area contributed by atoms with E-state index in [-0.39, 0.29) is 17.3 Å². The smallest absolute Gasteiger partial charge is 0.265 e. The lowest BCUT2D eigenvalue weighted by Crippen LogP contribution is -2.34. The molecule has 2 N–H and O–H groups in total. The first-order chi connectivity index (χ1) is 11.3. The van der Waals surface area contributed by atoms with Crippen molar-refractivity contribution in [2.45, 2.75) is 31.4 Å². The number of fused-ring (bicyclic) bond motifs is 1. The summed E-state index contributed by atoms with van der Waals surface area (Å²) in [7, 11) is -3.69. The number of benzene rings is 2. The molecule has 7 heteroatoms. The second-order valence-electron chi connectivity index (χ2n) is 5.72. The third-order valence-electron chi connectivity index (χ3n) is 3.78. The second kappa shape index (κ2) is 6.26. The Labute approximate surface area is 140 Å². The second-order valence-corrected chi connectivity index (χ2v) is 7.48. The highest BCUT2D eigenvalue weighted by Gasteiger charge is 2.25. The molecule has 2 aromatic carbocycles. The molecule has 0 aliphatic carbocycles. The lowest BCUT2D eigenvalue weighted by molar-refractivity contribution is -0.122. The highest BCUT2D eigenvalue weighted by atomic mass is 32.2. The molecule has 1 aliphatic heterocycles. The minimum absolute atomic E-state index is 0.0758. The fourth-order valence-corrected chi connectivity index (χ4v) is 3.37. The molecule has 0 bridgehead atoms. The van der Waals surface area contributed by atoms with E-state index in [9.17, 15) is 13.2 Å². The molecule has 1 heterocycles. The molecule has 1 amide bonds. The van der Waals surface area contributed by atoms with Gasteiger partial charge in [0.1, 0.15) is 5.75 Å². The van der Waals surface area contributed by atoms with E-state index in [1.54, 1.807) is 13.0 Å². The standard InChI is InChI=1S/C17H18N2O4S/c1-11-3-5-13(6-4-11)10-18-24(21,22)14-7-8-16-15(9-14)19-17(20)12(2)23-16/h3-9,12,18H,10H2,1-2H3,(H,19,20). The number of amides is 1. The number of anilines is 1. The molecule has 1 unspecified atom stereocenters. The number of hydrogen-bond acceptors (Lipinski definition) is 4. The van der Waals surface area contributed by atoms with Crippen molar-refractivity contribution in [1.82, 2.24) is 4.72 Å². The monoisotopic (exact) mass is 346 g/mol. The Morgan fingerprint density at radius 1 is 1.17 bits per heavy atom. The van der Waals surface area contributed by atoms with Crippen molar-refractivity contribution in [3.63, 3.8) is 0 Å². The fourth-order valence-electron chi connectivity index (χ4n) is 2.32. The molecule has 3 rings (SSSR count). The van der Waals surface area contributed by atoms with Crippen LogP contribution in [0.15, 0.2) is 47.4 Å². The number of sulfonamides is 1. The Bertz CT molecular complexity index is 876. The number of hydrogen-bond donors (Lipinski definition) is 2. The fraction of sp³-hybridized carbons (Fsp3) is 0.235. The van der Waals surface area contributed by atoms with Crippen LogP contribution in [0.1, 0.15) is 18.1 Å². The topological polar surface area (TPSA) is 84.5 Å². The zero-order chi connectivity index (χ0) is 17.3. The summed E-state index contributed by atoms with van der Waals surface area (Å²) in [6, 6.07) is 12.0. The highest BCUT2D eigenvalue weighted by Crippen LogP contribution is 2.31. The molecule has 1 aliphatic rings. The normalized spacial score (nSPS) is 16.9. The summed E-state index contributed by atoms with van der Waals surface area (Å²) >= 11 is 0. The lowest BCUT2D eigenvalue weighted by Gasteiger charge is -2.23. The van der Waals surface area contributed by atoms with Gasteiger partial charge in [0.05, 0.1) is 10.6 Å². The Balaban J connectivity index is 1.78. The molecule has 2 aromatic rings. The summed E-state index contributed by atoms with van der Waals surface area (Å²) in [5.41, 5.74) is 2.34. The van der Waals surface area contributed by atoms with Crippen molar-refractivity contribution in [2.75, 3.05) is 5.32 Å². The van der Waals surface area contributed by atoms with Gasteiger partial charge in [-0.25, -0.2) is 13.1 Å². The Kier molecular flexibility index (Phi) is 4.29. The Hall–Kier alpha value is -2.38. The molecule has 0 spiro atoms. The highest BCUT2D eigenvalue weighted by molar-refractivity contribution is 7.89. The molecular weight excluding hydrogens is 328 g/mol. The van der Waals surface area contributed by atoms with Gasteiger partial charge in [-0.2, -0.15) is 0 Å². The van der Waals surface area contributed by atoms with Gasteiger partial charge in [-0.1, -0.05) is 29.8 Å². The Morgan fingerprint density at radius 2 is 1.88 bits per heavy atom. The lowest BCUT2D eigenvalue weighted by atomic mass is 10.2. The third-order valence-corrected chi connectivity index (χ3v) is 5.18. The molecule has 0 saturated heterocycles. The van der Waals surface area contributed by atoms with E-state index < -0.39 is 16.1 Å². The van der Waals surface area contributed by atoms with Crippen LogP contribution in [0.25, 0.3) is 0 Å². The van der Waals surface area contributed by atoms with Crippen LogP contribution < -0.4 is 14.8 Å². The van der Waals surface area contributed by atoms with Crippen molar-refractivity contribution in [1.29, 1.82) is 0 Å². The molecule has 0 saturated carbocycles. The van der Waals surface area contributed by atoms with E-state index in [1.807, 2.05) is 31.2 Å². The van der Waals surface area contributed by atoms with E-state index in [0.717, 1.165) is 11.1 Å². The van der Waals surface area contributed by atoms with Crippen molar-refractivity contribution in [2.24, 2.45) is 0 Å². The number of nitrogens with one attached hydrogen (secondary N) is 2. The van der Waals surface area contributed by atoms with E-state index >= 15 is 0 Å². The molecule has 126 valence electrons. The summed E-state index contributed by atoms with van der Waals surface area (Å²) in [5.74, 6) is 0.157. The van der Waals surface area contributed by atoms with Gasteiger partial charge in [0.15, 0.2) is 6.10 Å². The quantitative estimate of drug-likeness (QED) is 0.889. The summed E-state index contributed by atoms with van der Waals surface area (Å²) in [5, 5.41) is 2.65. The number of aryl methyl sites for hydroxylation is 1. The van der Waals surface area contributed by atoms with Crippen LogP contribution in [0.4, 0.5) is 5.69 Å².